The van der Waals surface area contributed by atoms with Gasteiger partial charge in [0.2, 0.25) is 0 Å². The van der Waals surface area contributed by atoms with Crippen molar-refractivity contribution >= 4 is 16.8 Å². The quantitative estimate of drug-likeness (QED) is 0.745. The van der Waals surface area contributed by atoms with Crippen LogP contribution in [0.1, 0.15) is 36.3 Å². The highest BCUT2D eigenvalue weighted by Gasteiger charge is 2.48. The van der Waals surface area contributed by atoms with Crippen LogP contribution in [-0.4, -0.2) is 20.0 Å². The van der Waals surface area contributed by atoms with E-state index in [0.29, 0.717) is 5.92 Å². The van der Waals surface area contributed by atoms with Crippen LogP contribution in [0.5, 0.6) is 0 Å². The topological polar surface area (TPSA) is 18.5 Å². The summed E-state index contributed by atoms with van der Waals surface area (Å²) < 4.78 is 11.8. The van der Waals surface area contributed by atoms with Gasteiger partial charge in [-0.1, -0.05) is 48.6 Å². The Kier molecular flexibility index (Phi) is 3.32. The third-order valence-corrected chi connectivity index (χ3v) is 5.51. The van der Waals surface area contributed by atoms with Crippen LogP contribution in [0.15, 0.2) is 42.5 Å². The maximum atomic E-state index is 5.91. The molecule has 2 atom stereocenters. The first kappa shape index (κ1) is 14.0. The molecule has 0 radical (unpaired) electrons. The van der Waals surface area contributed by atoms with Gasteiger partial charge in [0.05, 0.1) is 0 Å². The van der Waals surface area contributed by atoms with E-state index in [1.807, 2.05) is 0 Å². The number of ether oxygens (including phenoxy) is 2. The lowest BCUT2D eigenvalue weighted by Crippen LogP contribution is -2.47. The summed E-state index contributed by atoms with van der Waals surface area (Å²) in [5.41, 5.74) is 2.70. The summed E-state index contributed by atoms with van der Waals surface area (Å²) in [7, 11) is 3.57. The van der Waals surface area contributed by atoms with E-state index in [-0.39, 0.29) is 5.92 Å². The Morgan fingerprint density at radius 2 is 1.86 bits per heavy atom. The molecule has 0 bridgehead atoms. The minimum Gasteiger partial charge on any atom is -0.353 e. The van der Waals surface area contributed by atoms with Crippen LogP contribution < -0.4 is 0 Å². The normalized spacial score (nSPS) is 25.7. The fraction of sp³-hybridized carbons (Fsp3) is 0.400. The third kappa shape index (κ3) is 1.87. The van der Waals surface area contributed by atoms with E-state index in [2.05, 4.69) is 48.6 Å². The van der Waals surface area contributed by atoms with Gasteiger partial charge >= 0.3 is 0 Å². The molecule has 1 saturated carbocycles. The van der Waals surface area contributed by atoms with Crippen LogP contribution in [0.4, 0.5) is 0 Å². The molecular formula is C20H22O2. The van der Waals surface area contributed by atoms with Gasteiger partial charge in [-0.05, 0) is 40.7 Å². The first-order valence-electron chi connectivity index (χ1n) is 8.09. The van der Waals surface area contributed by atoms with Gasteiger partial charge in [0.15, 0.2) is 5.79 Å². The lowest BCUT2D eigenvalue weighted by molar-refractivity contribution is -0.241. The van der Waals surface area contributed by atoms with Crippen LogP contribution in [0.25, 0.3) is 16.8 Å². The smallest absolute Gasteiger partial charge is 0.174 e. The van der Waals surface area contributed by atoms with Crippen LogP contribution in [0, 0.1) is 5.92 Å². The van der Waals surface area contributed by atoms with Crippen LogP contribution >= 0.6 is 0 Å². The molecule has 2 heteroatoms. The highest BCUT2D eigenvalue weighted by molar-refractivity contribution is 5.92. The molecule has 0 amide bonds. The van der Waals surface area contributed by atoms with Gasteiger partial charge in [-0.25, -0.2) is 0 Å². The molecule has 4 rings (SSSR count). The molecular weight excluding hydrogens is 272 g/mol. The second-order valence-electron chi connectivity index (χ2n) is 6.40. The number of allylic oxidation sites excluding steroid dienone is 1. The molecule has 1 fully saturated rings. The summed E-state index contributed by atoms with van der Waals surface area (Å²) in [5.74, 6) is 0.286. The zero-order valence-electron chi connectivity index (χ0n) is 13.2. The lowest BCUT2D eigenvalue weighted by atomic mass is 9.67. The highest BCUT2D eigenvalue weighted by atomic mass is 16.7. The van der Waals surface area contributed by atoms with Crippen molar-refractivity contribution < 1.29 is 9.47 Å². The second-order valence-corrected chi connectivity index (χ2v) is 6.40. The van der Waals surface area contributed by atoms with Crippen LogP contribution in [-0.2, 0) is 9.47 Å². The average molecular weight is 294 g/mol. The SMILES string of the molecule is COC1(OC)CCCC2C=Cc3c(ccc4ccccc34)[C@H]21. The summed E-state index contributed by atoms with van der Waals surface area (Å²) in [4.78, 5) is 0. The molecule has 1 unspecified atom stereocenters. The van der Waals surface area contributed by atoms with E-state index in [1.165, 1.54) is 28.3 Å². The maximum absolute atomic E-state index is 5.91. The molecule has 0 N–H and O–H groups in total. The average Bonchev–Trinajstić information content (AvgIpc) is 2.60. The number of benzene rings is 2. The largest absolute Gasteiger partial charge is 0.353 e. The van der Waals surface area contributed by atoms with Crippen molar-refractivity contribution in [1.82, 2.24) is 0 Å². The maximum Gasteiger partial charge on any atom is 0.174 e. The van der Waals surface area contributed by atoms with Crippen molar-refractivity contribution in [1.29, 1.82) is 0 Å². The van der Waals surface area contributed by atoms with Crippen molar-refractivity contribution in [2.45, 2.75) is 31.0 Å². The molecule has 2 aliphatic carbocycles. The van der Waals surface area contributed by atoms with E-state index in [4.69, 9.17) is 9.47 Å². The number of fused-ring (bicyclic) bond motifs is 5. The summed E-state index contributed by atoms with van der Waals surface area (Å²) in [6.07, 6.45) is 7.99. The predicted octanol–water partition coefficient (Wildman–Crippen LogP) is 4.74. The minimum absolute atomic E-state index is 0.279. The van der Waals surface area contributed by atoms with E-state index >= 15 is 0 Å². The van der Waals surface area contributed by atoms with Gasteiger partial charge in [0.25, 0.3) is 0 Å². The Morgan fingerprint density at radius 3 is 2.68 bits per heavy atom. The Balaban J connectivity index is 1.94. The van der Waals surface area contributed by atoms with Crippen molar-refractivity contribution in [3.63, 3.8) is 0 Å². The van der Waals surface area contributed by atoms with Crippen molar-refractivity contribution in [3.8, 4) is 0 Å². The highest BCUT2D eigenvalue weighted by Crippen LogP contribution is 2.51. The zero-order valence-corrected chi connectivity index (χ0v) is 13.2. The molecule has 2 aromatic rings. The zero-order chi connectivity index (χ0) is 15.2. The molecule has 114 valence electrons. The molecule has 0 saturated heterocycles. The summed E-state index contributed by atoms with van der Waals surface area (Å²) >= 11 is 0. The first-order valence-corrected chi connectivity index (χ1v) is 8.09. The van der Waals surface area contributed by atoms with Crippen LogP contribution in [0.2, 0.25) is 0 Å². The van der Waals surface area contributed by atoms with Gasteiger partial charge in [-0.3, -0.25) is 0 Å². The molecule has 0 heterocycles. The monoisotopic (exact) mass is 294 g/mol. The van der Waals surface area contributed by atoms with Gasteiger partial charge in [0.1, 0.15) is 0 Å². The molecule has 22 heavy (non-hydrogen) atoms. The fourth-order valence-electron chi connectivity index (χ4n) is 4.44. The molecule has 2 aliphatic rings. The van der Waals surface area contributed by atoms with E-state index in [0.717, 1.165) is 12.8 Å². The second kappa shape index (κ2) is 5.22. The van der Waals surface area contributed by atoms with Gasteiger partial charge in [-0.2, -0.15) is 0 Å². The predicted molar refractivity (Wildman–Crippen MR) is 89.8 cm³/mol. The molecule has 2 aromatic carbocycles. The standard InChI is InChI=1S/C20H22O2/c1-21-20(22-2)13-5-7-15-10-11-17-16-8-4-3-6-14(16)9-12-18(17)19(15)20/h3-4,6,8-12,15,19H,5,7,13H2,1-2H3/t15?,19-/m0/s1. The number of methoxy groups -OCH3 is 2. The number of rotatable bonds is 2. The van der Waals surface area contributed by atoms with Gasteiger partial charge < -0.3 is 9.47 Å². The Bertz CT molecular complexity index is 728. The van der Waals surface area contributed by atoms with E-state index < -0.39 is 5.79 Å². The Hall–Kier alpha value is -1.64. The summed E-state index contributed by atoms with van der Waals surface area (Å²) in [5, 5.41) is 2.61. The number of hydrogen-bond donors (Lipinski definition) is 0. The van der Waals surface area contributed by atoms with Gasteiger partial charge in [0, 0.05) is 26.6 Å². The first-order chi connectivity index (χ1) is 10.8. The third-order valence-electron chi connectivity index (χ3n) is 5.51. The molecule has 2 nitrogen and oxygen atoms in total. The van der Waals surface area contributed by atoms with Crippen molar-refractivity contribution in [2.24, 2.45) is 5.92 Å². The number of hydrogen-bond acceptors (Lipinski definition) is 2. The summed E-state index contributed by atoms with van der Waals surface area (Å²) in [6, 6.07) is 13.1. The lowest BCUT2D eigenvalue weighted by Gasteiger charge is -2.47. The molecule has 0 aliphatic heterocycles. The van der Waals surface area contributed by atoms with Crippen molar-refractivity contribution in [2.75, 3.05) is 14.2 Å². The van der Waals surface area contributed by atoms with Gasteiger partial charge in [-0.15, -0.1) is 0 Å². The summed E-state index contributed by atoms with van der Waals surface area (Å²) in [6.45, 7) is 0. The minimum atomic E-state index is -0.495. The fourth-order valence-corrected chi connectivity index (χ4v) is 4.44. The molecule has 0 spiro atoms. The van der Waals surface area contributed by atoms with Crippen LogP contribution in [0.3, 0.4) is 0 Å². The van der Waals surface area contributed by atoms with Crippen molar-refractivity contribution in [3.05, 3.63) is 53.6 Å². The Labute approximate surface area is 131 Å². The Morgan fingerprint density at radius 1 is 1.05 bits per heavy atom. The van der Waals surface area contributed by atoms with E-state index in [1.54, 1.807) is 14.2 Å². The molecule has 0 aromatic heterocycles. The van der Waals surface area contributed by atoms with E-state index in [9.17, 15) is 0 Å².